The first-order valence-corrected chi connectivity index (χ1v) is 6.78. The summed E-state index contributed by atoms with van der Waals surface area (Å²) >= 11 is 5.67. The smallest absolute Gasteiger partial charge is 0.166 e. The highest BCUT2D eigenvalue weighted by Crippen LogP contribution is 2.35. The van der Waals surface area contributed by atoms with Gasteiger partial charge in [0.1, 0.15) is 0 Å². The van der Waals surface area contributed by atoms with E-state index in [1.807, 2.05) is 0 Å². The third kappa shape index (κ3) is 3.12. The highest BCUT2D eigenvalue weighted by Gasteiger charge is 2.30. The largest absolute Gasteiger partial charge is 0.367 e. The lowest BCUT2D eigenvalue weighted by atomic mass is 9.74. The van der Waals surface area contributed by atoms with Crippen LogP contribution in [0.5, 0.6) is 0 Å². The van der Waals surface area contributed by atoms with E-state index in [0.29, 0.717) is 18.1 Å². The Morgan fingerprint density at radius 1 is 1.39 bits per heavy atom. The molecule has 0 aromatic carbocycles. The fourth-order valence-electron chi connectivity index (χ4n) is 2.57. The number of rotatable bonds is 4. The van der Waals surface area contributed by atoms with Crippen LogP contribution in [0.25, 0.3) is 0 Å². The Labute approximate surface area is 112 Å². The average Bonchev–Trinajstić information content (AvgIpc) is 2.39. The van der Waals surface area contributed by atoms with Gasteiger partial charge in [-0.2, -0.15) is 0 Å². The van der Waals surface area contributed by atoms with Crippen LogP contribution in [-0.4, -0.2) is 18.1 Å². The molecule has 0 saturated heterocycles. The summed E-state index contributed by atoms with van der Waals surface area (Å²) in [4.78, 5) is 3.97. The molecule has 1 heterocycles. The molecule has 0 amide bonds. The lowest BCUT2D eigenvalue weighted by Crippen LogP contribution is -2.39. The fourth-order valence-corrected chi connectivity index (χ4v) is 2.72. The van der Waals surface area contributed by atoms with Crippen LogP contribution < -0.4 is 11.1 Å². The zero-order valence-corrected chi connectivity index (χ0v) is 11.1. The van der Waals surface area contributed by atoms with Gasteiger partial charge in [-0.1, -0.05) is 30.9 Å². The summed E-state index contributed by atoms with van der Waals surface area (Å²) in [7, 11) is 0. The second-order valence-electron chi connectivity index (χ2n) is 5.10. The predicted octanol–water partition coefficient (Wildman–Crippen LogP) is 3.20. The zero-order valence-electron chi connectivity index (χ0n) is 10.4. The summed E-state index contributed by atoms with van der Waals surface area (Å²) in [5.41, 5.74) is 5.98. The molecule has 1 fully saturated rings. The number of pyridine rings is 1. The van der Waals surface area contributed by atoms with Gasteiger partial charge in [0.2, 0.25) is 0 Å². The normalized spacial score (nSPS) is 18.6. The molecule has 1 aromatic heterocycles. The van der Waals surface area contributed by atoms with Crippen LogP contribution in [0.3, 0.4) is 0 Å². The zero-order chi connectivity index (χ0) is 13.0. The van der Waals surface area contributed by atoms with Crippen molar-refractivity contribution in [2.75, 3.05) is 18.4 Å². The van der Waals surface area contributed by atoms with Crippen LogP contribution in [0.1, 0.15) is 32.1 Å². The van der Waals surface area contributed by atoms with Crippen molar-refractivity contribution in [1.82, 2.24) is 4.98 Å². The predicted molar refractivity (Wildman–Crippen MR) is 72.3 cm³/mol. The van der Waals surface area contributed by atoms with Crippen LogP contribution in [0, 0.1) is 11.2 Å². The number of nitrogens with two attached hydrogens (primary N) is 1. The molecular formula is C13H19ClFN3. The van der Waals surface area contributed by atoms with Gasteiger partial charge in [-0.15, -0.1) is 0 Å². The van der Waals surface area contributed by atoms with E-state index in [4.69, 9.17) is 17.3 Å². The van der Waals surface area contributed by atoms with E-state index in [9.17, 15) is 4.39 Å². The highest BCUT2D eigenvalue weighted by atomic mass is 35.5. The van der Waals surface area contributed by atoms with Crippen LogP contribution >= 0.6 is 11.6 Å². The van der Waals surface area contributed by atoms with Crippen molar-refractivity contribution in [1.29, 1.82) is 0 Å². The summed E-state index contributed by atoms with van der Waals surface area (Å²) in [6.07, 6.45) is 7.33. The molecule has 0 bridgehead atoms. The minimum atomic E-state index is -0.412. The maximum absolute atomic E-state index is 13.6. The molecule has 0 radical (unpaired) electrons. The third-order valence-electron chi connectivity index (χ3n) is 3.79. The standard InChI is InChI=1S/C13H19ClFN3/c14-10-6-11(15)12(17-7-10)18-9-13(8-16)4-2-1-3-5-13/h6-7H,1-5,8-9,16H2,(H,17,18). The van der Waals surface area contributed by atoms with Gasteiger partial charge in [0, 0.05) is 12.7 Å². The van der Waals surface area contributed by atoms with E-state index < -0.39 is 5.82 Å². The number of hydrogen-bond donors (Lipinski definition) is 2. The van der Waals surface area contributed by atoms with Gasteiger partial charge in [0.25, 0.3) is 0 Å². The third-order valence-corrected chi connectivity index (χ3v) is 3.99. The van der Waals surface area contributed by atoms with E-state index in [-0.39, 0.29) is 11.2 Å². The summed E-state index contributed by atoms with van der Waals surface area (Å²) in [6, 6.07) is 1.27. The molecule has 0 atom stereocenters. The molecule has 0 aliphatic heterocycles. The van der Waals surface area contributed by atoms with Gasteiger partial charge >= 0.3 is 0 Å². The molecule has 1 aliphatic rings. The minimum Gasteiger partial charge on any atom is -0.367 e. The Hall–Kier alpha value is -0.870. The fraction of sp³-hybridized carbons (Fsp3) is 0.615. The highest BCUT2D eigenvalue weighted by molar-refractivity contribution is 6.30. The van der Waals surface area contributed by atoms with Gasteiger partial charge in [-0.3, -0.25) is 0 Å². The van der Waals surface area contributed by atoms with Gasteiger partial charge in [0.05, 0.1) is 5.02 Å². The van der Waals surface area contributed by atoms with Crippen molar-refractivity contribution in [2.45, 2.75) is 32.1 Å². The van der Waals surface area contributed by atoms with E-state index in [1.165, 1.54) is 31.5 Å². The Balaban J connectivity index is 2.01. The lowest BCUT2D eigenvalue weighted by molar-refractivity contribution is 0.215. The molecule has 5 heteroatoms. The molecule has 1 saturated carbocycles. The number of aromatic nitrogens is 1. The number of hydrogen-bond acceptors (Lipinski definition) is 3. The van der Waals surface area contributed by atoms with Crippen LogP contribution in [0.15, 0.2) is 12.3 Å². The minimum absolute atomic E-state index is 0.0893. The maximum atomic E-state index is 13.6. The Kier molecular flexibility index (Phi) is 4.40. The Bertz CT molecular complexity index is 405. The second kappa shape index (κ2) is 5.85. The van der Waals surface area contributed by atoms with Crippen molar-refractivity contribution in [2.24, 2.45) is 11.1 Å². The molecule has 3 nitrogen and oxygen atoms in total. The van der Waals surface area contributed by atoms with E-state index in [2.05, 4.69) is 10.3 Å². The molecule has 100 valence electrons. The summed E-state index contributed by atoms with van der Waals surface area (Å²) < 4.78 is 13.6. The molecule has 3 N–H and O–H groups in total. The number of nitrogens with zero attached hydrogens (tertiary/aromatic N) is 1. The van der Waals surface area contributed by atoms with E-state index >= 15 is 0 Å². The first kappa shape index (κ1) is 13.6. The number of anilines is 1. The summed E-state index contributed by atoms with van der Waals surface area (Å²) in [5.74, 6) is -0.150. The van der Waals surface area contributed by atoms with Crippen molar-refractivity contribution in [3.05, 3.63) is 23.1 Å². The second-order valence-corrected chi connectivity index (χ2v) is 5.54. The number of halogens is 2. The van der Waals surface area contributed by atoms with Gasteiger partial charge in [0.15, 0.2) is 11.6 Å². The topological polar surface area (TPSA) is 50.9 Å². The molecule has 1 aliphatic carbocycles. The Morgan fingerprint density at radius 3 is 2.72 bits per heavy atom. The monoisotopic (exact) mass is 271 g/mol. The molecule has 0 unspecified atom stereocenters. The summed E-state index contributed by atoms with van der Waals surface area (Å²) in [6.45, 7) is 1.31. The molecule has 1 aromatic rings. The summed E-state index contributed by atoms with van der Waals surface area (Å²) in [5, 5.41) is 3.39. The van der Waals surface area contributed by atoms with Crippen LogP contribution in [-0.2, 0) is 0 Å². The van der Waals surface area contributed by atoms with Crippen molar-refractivity contribution in [3.8, 4) is 0 Å². The molecule has 2 rings (SSSR count). The van der Waals surface area contributed by atoms with Gasteiger partial charge in [-0.05, 0) is 30.9 Å². The van der Waals surface area contributed by atoms with Gasteiger partial charge in [-0.25, -0.2) is 9.37 Å². The first-order chi connectivity index (χ1) is 8.65. The maximum Gasteiger partial charge on any atom is 0.166 e. The van der Waals surface area contributed by atoms with Crippen LogP contribution in [0.4, 0.5) is 10.2 Å². The van der Waals surface area contributed by atoms with Crippen molar-refractivity contribution >= 4 is 17.4 Å². The van der Waals surface area contributed by atoms with Gasteiger partial charge < -0.3 is 11.1 Å². The van der Waals surface area contributed by atoms with E-state index in [0.717, 1.165) is 12.8 Å². The molecule has 0 spiro atoms. The van der Waals surface area contributed by atoms with Crippen LogP contribution in [0.2, 0.25) is 5.02 Å². The van der Waals surface area contributed by atoms with Crippen molar-refractivity contribution < 1.29 is 4.39 Å². The lowest BCUT2D eigenvalue weighted by Gasteiger charge is -2.36. The SMILES string of the molecule is NCC1(CNc2ncc(Cl)cc2F)CCCCC1. The average molecular weight is 272 g/mol. The quantitative estimate of drug-likeness (QED) is 0.884. The number of nitrogens with one attached hydrogen (secondary N) is 1. The van der Waals surface area contributed by atoms with Crippen molar-refractivity contribution in [3.63, 3.8) is 0 Å². The Morgan fingerprint density at radius 2 is 2.11 bits per heavy atom. The molecule has 18 heavy (non-hydrogen) atoms. The van der Waals surface area contributed by atoms with E-state index in [1.54, 1.807) is 0 Å². The molecular weight excluding hydrogens is 253 g/mol. The first-order valence-electron chi connectivity index (χ1n) is 6.40.